The molecule has 152 valence electrons. The summed E-state index contributed by atoms with van der Waals surface area (Å²) in [4.78, 5) is 36.2. The number of Topliss-reactive ketones (excluding diaryl/α,β-unsaturated/α-hetero) is 1. The minimum Gasteiger partial charge on any atom is -0.508 e. The van der Waals surface area contributed by atoms with Crippen LogP contribution in [0.1, 0.15) is 34.6 Å². The van der Waals surface area contributed by atoms with Gasteiger partial charge in [-0.2, -0.15) is 0 Å². The van der Waals surface area contributed by atoms with Crippen molar-refractivity contribution >= 4 is 23.3 Å². The molecule has 0 saturated heterocycles. The Morgan fingerprint density at radius 1 is 0.867 bits per heavy atom. The lowest BCUT2D eigenvalue weighted by atomic mass is 10.0. The van der Waals surface area contributed by atoms with E-state index in [-0.39, 0.29) is 11.5 Å². The molecule has 0 aliphatic heterocycles. The number of ketones is 1. The number of hydrogen-bond donors (Lipinski definition) is 2. The van der Waals surface area contributed by atoms with Crippen LogP contribution in [-0.4, -0.2) is 28.9 Å². The lowest BCUT2D eigenvalue weighted by Crippen LogP contribution is -2.30. The van der Waals surface area contributed by atoms with Crippen LogP contribution >= 0.6 is 0 Å². The number of rotatable bonds is 6. The van der Waals surface area contributed by atoms with Gasteiger partial charge in [-0.1, -0.05) is 36.4 Å². The highest BCUT2D eigenvalue weighted by atomic mass is 16.5. The maximum absolute atomic E-state index is 12.4. The zero-order valence-electron chi connectivity index (χ0n) is 16.6. The molecule has 3 rings (SSSR count). The van der Waals surface area contributed by atoms with Crippen molar-refractivity contribution < 1.29 is 24.2 Å². The van der Waals surface area contributed by atoms with Crippen molar-refractivity contribution in [2.45, 2.75) is 20.0 Å². The summed E-state index contributed by atoms with van der Waals surface area (Å²) >= 11 is 0. The molecule has 0 saturated carbocycles. The minimum atomic E-state index is -1.02. The zero-order valence-corrected chi connectivity index (χ0v) is 16.6. The van der Waals surface area contributed by atoms with Gasteiger partial charge in [0.15, 0.2) is 11.9 Å². The van der Waals surface area contributed by atoms with Crippen LogP contribution in [-0.2, 0) is 9.53 Å². The van der Waals surface area contributed by atoms with E-state index in [4.69, 9.17) is 4.74 Å². The standard InChI is InChI=1S/C24H21NO5/c1-15(26)20-4-3-5-21(14-20)25-23(28)16(2)30-24(29)19-8-6-17(7-9-19)18-10-12-22(27)13-11-18/h3-14,16,27H,1-2H3,(H,25,28)/t16-/m1/s1. The van der Waals surface area contributed by atoms with Gasteiger partial charge in [-0.3, -0.25) is 9.59 Å². The Balaban J connectivity index is 1.62. The lowest BCUT2D eigenvalue weighted by Gasteiger charge is -2.14. The molecule has 0 aliphatic carbocycles. The Bertz CT molecular complexity index is 1070. The van der Waals surface area contributed by atoms with E-state index in [2.05, 4.69) is 5.32 Å². The van der Waals surface area contributed by atoms with E-state index in [0.29, 0.717) is 16.8 Å². The molecular weight excluding hydrogens is 382 g/mol. The summed E-state index contributed by atoms with van der Waals surface area (Å²) < 4.78 is 5.26. The van der Waals surface area contributed by atoms with E-state index in [1.807, 2.05) is 0 Å². The molecule has 0 aliphatic rings. The largest absolute Gasteiger partial charge is 0.508 e. The summed E-state index contributed by atoms with van der Waals surface area (Å²) in [5.41, 5.74) is 3.02. The fourth-order valence-electron chi connectivity index (χ4n) is 2.79. The van der Waals surface area contributed by atoms with E-state index in [9.17, 15) is 19.5 Å². The first-order chi connectivity index (χ1) is 14.3. The Labute approximate surface area is 174 Å². The number of esters is 1. The number of nitrogens with one attached hydrogen (secondary N) is 1. The zero-order chi connectivity index (χ0) is 21.7. The first-order valence-electron chi connectivity index (χ1n) is 9.36. The average Bonchev–Trinajstić information content (AvgIpc) is 2.74. The van der Waals surface area contributed by atoms with E-state index in [1.54, 1.807) is 72.8 Å². The number of carbonyl (C=O) groups is 3. The van der Waals surface area contributed by atoms with Crippen LogP contribution in [0.2, 0.25) is 0 Å². The normalized spacial score (nSPS) is 11.4. The van der Waals surface area contributed by atoms with Crippen LogP contribution in [0.5, 0.6) is 5.75 Å². The molecule has 2 N–H and O–H groups in total. The molecule has 0 spiro atoms. The molecular formula is C24H21NO5. The van der Waals surface area contributed by atoms with Crippen LogP contribution < -0.4 is 5.32 Å². The van der Waals surface area contributed by atoms with Crippen molar-refractivity contribution in [1.29, 1.82) is 0 Å². The SMILES string of the molecule is CC(=O)c1cccc(NC(=O)[C@@H](C)OC(=O)c2ccc(-c3ccc(O)cc3)cc2)c1. The van der Waals surface area contributed by atoms with Gasteiger partial charge in [-0.05, 0) is 61.4 Å². The van der Waals surface area contributed by atoms with Gasteiger partial charge >= 0.3 is 5.97 Å². The summed E-state index contributed by atoms with van der Waals surface area (Å²) in [6.45, 7) is 2.92. The molecule has 30 heavy (non-hydrogen) atoms. The summed E-state index contributed by atoms with van der Waals surface area (Å²) in [6.07, 6.45) is -1.02. The number of phenolic OH excluding ortho intramolecular Hbond substituents is 1. The molecule has 0 radical (unpaired) electrons. The van der Waals surface area contributed by atoms with Gasteiger partial charge in [-0.25, -0.2) is 4.79 Å². The smallest absolute Gasteiger partial charge is 0.338 e. The number of carbonyl (C=O) groups excluding carboxylic acids is 3. The van der Waals surface area contributed by atoms with Crippen molar-refractivity contribution in [2.24, 2.45) is 0 Å². The molecule has 0 fully saturated rings. The highest BCUT2D eigenvalue weighted by Gasteiger charge is 2.19. The van der Waals surface area contributed by atoms with E-state index >= 15 is 0 Å². The number of anilines is 1. The molecule has 3 aromatic carbocycles. The van der Waals surface area contributed by atoms with E-state index < -0.39 is 18.0 Å². The monoisotopic (exact) mass is 403 g/mol. The van der Waals surface area contributed by atoms with Gasteiger partial charge in [-0.15, -0.1) is 0 Å². The number of aromatic hydroxyl groups is 1. The number of phenols is 1. The van der Waals surface area contributed by atoms with Crippen molar-refractivity contribution in [2.75, 3.05) is 5.32 Å². The van der Waals surface area contributed by atoms with Crippen molar-refractivity contribution in [1.82, 2.24) is 0 Å². The molecule has 0 heterocycles. The average molecular weight is 403 g/mol. The first-order valence-corrected chi connectivity index (χ1v) is 9.36. The van der Waals surface area contributed by atoms with Crippen LogP contribution in [0.25, 0.3) is 11.1 Å². The highest BCUT2D eigenvalue weighted by Crippen LogP contribution is 2.22. The van der Waals surface area contributed by atoms with Gasteiger partial charge in [0.05, 0.1) is 5.56 Å². The quantitative estimate of drug-likeness (QED) is 0.469. The summed E-state index contributed by atoms with van der Waals surface area (Å²) in [7, 11) is 0. The summed E-state index contributed by atoms with van der Waals surface area (Å²) in [5, 5.41) is 12.0. The number of benzene rings is 3. The van der Waals surface area contributed by atoms with Gasteiger partial charge < -0.3 is 15.2 Å². The van der Waals surface area contributed by atoms with Crippen LogP contribution in [0.3, 0.4) is 0 Å². The molecule has 0 aromatic heterocycles. The predicted octanol–water partition coefficient (Wildman–Crippen LogP) is 4.45. The van der Waals surface area contributed by atoms with Gasteiger partial charge in [0.25, 0.3) is 5.91 Å². The Morgan fingerprint density at radius 2 is 1.47 bits per heavy atom. The Morgan fingerprint density at radius 3 is 2.07 bits per heavy atom. The number of amides is 1. The highest BCUT2D eigenvalue weighted by molar-refractivity contribution is 5.99. The first kappa shape index (κ1) is 20.8. The minimum absolute atomic E-state index is 0.110. The molecule has 1 amide bonds. The second kappa shape index (κ2) is 9.05. The third-order valence-electron chi connectivity index (χ3n) is 4.51. The Hall–Kier alpha value is -3.93. The van der Waals surface area contributed by atoms with Gasteiger partial charge in [0, 0.05) is 11.3 Å². The fourth-order valence-corrected chi connectivity index (χ4v) is 2.79. The predicted molar refractivity (Wildman–Crippen MR) is 113 cm³/mol. The topological polar surface area (TPSA) is 92.7 Å². The molecule has 0 bridgehead atoms. The fraction of sp³-hybridized carbons (Fsp3) is 0.125. The summed E-state index contributed by atoms with van der Waals surface area (Å²) in [6, 6.07) is 20.0. The van der Waals surface area contributed by atoms with Gasteiger partial charge in [0.1, 0.15) is 5.75 Å². The Kier molecular flexibility index (Phi) is 6.27. The van der Waals surface area contributed by atoms with Crippen LogP contribution in [0, 0.1) is 0 Å². The second-order valence-electron chi connectivity index (χ2n) is 6.80. The third-order valence-corrected chi connectivity index (χ3v) is 4.51. The molecule has 0 unspecified atom stereocenters. The van der Waals surface area contributed by atoms with Crippen molar-refractivity contribution in [3.8, 4) is 16.9 Å². The maximum atomic E-state index is 12.4. The number of ether oxygens (including phenoxy) is 1. The van der Waals surface area contributed by atoms with E-state index in [0.717, 1.165) is 11.1 Å². The molecule has 6 nitrogen and oxygen atoms in total. The summed E-state index contributed by atoms with van der Waals surface area (Å²) in [5.74, 6) is -1.04. The van der Waals surface area contributed by atoms with Crippen LogP contribution in [0.4, 0.5) is 5.69 Å². The van der Waals surface area contributed by atoms with Crippen molar-refractivity contribution in [3.63, 3.8) is 0 Å². The van der Waals surface area contributed by atoms with Crippen LogP contribution in [0.15, 0.2) is 72.8 Å². The lowest BCUT2D eigenvalue weighted by molar-refractivity contribution is -0.123. The van der Waals surface area contributed by atoms with Gasteiger partial charge in [0.2, 0.25) is 0 Å². The number of hydrogen-bond acceptors (Lipinski definition) is 5. The van der Waals surface area contributed by atoms with Crippen molar-refractivity contribution in [3.05, 3.63) is 83.9 Å². The third kappa shape index (κ3) is 5.11. The maximum Gasteiger partial charge on any atom is 0.338 e. The molecule has 1 atom stereocenters. The van der Waals surface area contributed by atoms with E-state index in [1.165, 1.54) is 13.8 Å². The second-order valence-corrected chi connectivity index (χ2v) is 6.80. The molecule has 6 heteroatoms. The molecule has 3 aromatic rings.